The molecule has 274 valence electrons. The first-order chi connectivity index (χ1) is 23.6. The van der Waals surface area contributed by atoms with Crippen LogP contribution in [0.1, 0.15) is 192 Å². The highest BCUT2D eigenvalue weighted by Crippen LogP contribution is 2.43. The molecule has 5 rings (SSSR count). The molecule has 0 unspecified atom stereocenters. The highest BCUT2D eigenvalue weighted by atomic mass is 16.7. The van der Waals surface area contributed by atoms with E-state index in [1.165, 1.54) is 152 Å². The zero-order valence-corrected chi connectivity index (χ0v) is 31.7. The van der Waals surface area contributed by atoms with Gasteiger partial charge in [0.2, 0.25) is 0 Å². The van der Waals surface area contributed by atoms with Crippen LogP contribution in [0.2, 0.25) is 0 Å². The summed E-state index contributed by atoms with van der Waals surface area (Å²) in [4.78, 5) is 0. The summed E-state index contributed by atoms with van der Waals surface area (Å²) in [6.07, 6.45) is 29.5. The van der Waals surface area contributed by atoms with Crippen molar-refractivity contribution in [3.8, 4) is 0 Å². The molecule has 2 heterocycles. The smallest absolute Gasteiger partial charge is 0.160 e. The first-order valence-electron chi connectivity index (χ1n) is 21.2. The Morgan fingerprint density at radius 2 is 0.833 bits per heavy atom. The van der Waals surface area contributed by atoms with E-state index >= 15 is 0 Å². The number of hydrogen-bond donors (Lipinski definition) is 0. The zero-order valence-electron chi connectivity index (χ0n) is 31.7. The molecule has 6 atom stereocenters. The second-order valence-electron chi connectivity index (χ2n) is 16.6. The molecule has 4 heteroatoms. The van der Waals surface area contributed by atoms with Crippen LogP contribution in [0.3, 0.4) is 0 Å². The Balaban J connectivity index is 0.964. The predicted molar refractivity (Wildman–Crippen MR) is 199 cm³/mol. The molecule has 0 N–H and O–H groups in total. The van der Waals surface area contributed by atoms with Crippen molar-refractivity contribution in [2.75, 3.05) is 13.2 Å². The number of benzene rings is 1. The van der Waals surface area contributed by atoms with Crippen LogP contribution < -0.4 is 0 Å². The Bertz CT molecular complexity index is 899. The largest absolute Gasteiger partial charge is 0.352 e. The minimum Gasteiger partial charge on any atom is -0.352 e. The lowest BCUT2D eigenvalue weighted by Crippen LogP contribution is -2.42. The van der Waals surface area contributed by atoms with Gasteiger partial charge in [0.15, 0.2) is 12.6 Å². The quantitative estimate of drug-likeness (QED) is 0.146. The molecule has 1 aromatic rings. The van der Waals surface area contributed by atoms with Crippen molar-refractivity contribution in [2.24, 2.45) is 23.7 Å². The lowest BCUT2D eigenvalue weighted by Gasteiger charge is -2.41. The highest BCUT2D eigenvalue weighted by Gasteiger charge is 2.37. The van der Waals surface area contributed by atoms with Crippen molar-refractivity contribution < 1.29 is 18.9 Å². The summed E-state index contributed by atoms with van der Waals surface area (Å²) in [5, 5.41) is 0. The summed E-state index contributed by atoms with van der Waals surface area (Å²) >= 11 is 0. The van der Waals surface area contributed by atoms with Gasteiger partial charge in [0, 0.05) is 23.7 Å². The summed E-state index contributed by atoms with van der Waals surface area (Å²) in [7, 11) is 0. The van der Waals surface area contributed by atoms with Crippen molar-refractivity contribution in [2.45, 2.75) is 206 Å². The standard InChI is InChI=1S/C44H74O4/c1-5-7-9-11-13-15-17-41-31-45-43(47-33(41)3)39-27-23-37(24-28-39)35-19-21-36(22-20-35)38-25-29-40(30-26-38)44-46-32-42(34(4)48-44)18-16-14-12-10-8-6-2/h19-22,33-34,37-44H,5-18,23-32H2,1-4H3/t33-,34-,37?,38?,39?,40?,41+,42+,43+,44+/m0/s1. The van der Waals surface area contributed by atoms with Gasteiger partial charge in [-0.3, -0.25) is 0 Å². The fourth-order valence-corrected chi connectivity index (χ4v) is 9.43. The fraction of sp³-hybridized carbons (Fsp3) is 0.864. The van der Waals surface area contributed by atoms with Crippen molar-refractivity contribution in [3.05, 3.63) is 35.4 Å². The predicted octanol–water partition coefficient (Wildman–Crippen LogP) is 12.5. The average Bonchev–Trinajstić information content (AvgIpc) is 3.12. The monoisotopic (exact) mass is 667 g/mol. The molecule has 0 bridgehead atoms. The maximum Gasteiger partial charge on any atom is 0.160 e. The Labute approximate surface area is 296 Å². The van der Waals surface area contributed by atoms with Gasteiger partial charge in [-0.05, 0) is 101 Å². The van der Waals surface area contributed by atoms with E-state index in [2.05, 4.69) is 52.0 Å². The maximum atomic E-state index is 6.50. The summed E-state index contributed by atoms with van der Waals surface area (Å²) < 4.78 is 25.7. The number of ether oxygens (including phenoxy) is 4. The molecule has 2 aliphatic carbocycles. The fourth-order valence-electron chi connectivity index (χ4n) is 9.43. The Hall–Kier alpha value is -0.940. The molecule has 4 aliphatic rings. The molecule has 4 nitrogen and oxygen atoms in total. The third kappa shape index (κ3) is 11.5. The van der Waals surface area contributed by atoms with Crippen LogP contribution in [0.25, 0.3) is 0 Å². The van der Waals surface area contributed by atoms with E-state index in [-0.39, 0.29) is 12.6 Å². The van der Waals surface area contributed by atoms with Gasteiger partial charge in [-0.2, -0.15) is 0 Å². The SMILES string of the molecule is CCCCCCCC[C@@H]1CO[C@@H](C2CCC(c3ccc(C4CCC([C@@H]5OC[C@@H](CCCCCCCC)[C@H](C)O5)CC4)cc3)CC2)O[C@H]1C. The zero-order chi connectivity index (χ0) is 33.6. The van der Waals surface area contributed by atoms with Crippen LogP contribution in [0.15, 0.2) is 24.3 Å². The van der Waals surface area contributed by atoms with Crippen LogP contribution in [0.4, 0.5) is 0 Å². The summed E-state index contributed by atoms with van der Waals surface area (Å²) in [5.74, 6) is 3.61. The van der Waals surface area contributed by atoms with Gasteiger partial charge < -0.3 is 18.9 Å². The lowest BCUT2D eigenvalue weighted by molar-refractivity contribution is -0.257. The highest BCUT2D eigenvalue weighted by molar-refractivity contribution is 5.28. The van der Waals surface area contributed by atoms with E-state index < -0.39 is 0 Å². The van der Waals surface area contributed by atoms with Gasteiger partial charge in [0.25, 0.3) is 0 Å². The van der Waals surface area contributed by atoms with E-state index in [4.69, 9.17) is 18.9 Å². The molecule has 0 spiro atoms. The molecule has 1 aromatic carbocycles. The Kier molecular flexibility index (Phi) is 16.6. The topological polar surface area (TPSA) is 36.9 Å². The van der Waals surface area contributed by atoms with E-state index in [1.807, 2.05) is 0 Å². The summed E-state index contributed by atoms with van der Waals surface area (Å²) in [6.45, 7) is 11.0. The normalized spacial score (nSPS) is 34.7. The number of hydrogen-bond acceptors (Lipinski definition) is 4. The van der Waals surface area contributed by atoms with E-state index in [0.717, 1.165) is 13.2 Å². The van der Waals surface area contributed by atoms with E-state index in [0.29, 0.717) is 47.7 Å². The van der Waals surface area contributed by atoms with Crippen LogP contribution in [-0.2, 0) is 18.9 Å². The van der Waals surface area contributed by atoms with Crippen LogP contribution in [-0.4, -0.2) is 38.0 Å². The first kappa shape index (κ1) is 38.3. The molecule has 4 fully saturated rings. The molecule has 0 amide bonds. The molecule has 0 aromatic heterocycles. The molecular formula is C44H74O4. The first-order valence-corrected chi connectivity index (χ1v) is 21.2. The average molecular weight is 667 g/mol. The van der Waals surface area contributed by atoms with Gasteiger partial charge >= 0.3 is 0 Å². The molecule has 2 aliphatic heterocycles. The summed E-state index contributed by atoms with van der Waals surface area (Å²) in [6, 6.07) is 9.81. The second kappa shape index (κ2) is 20.8. The third-order valence-electron chi connectivity index (χ3n) is 13.0. The minimum absolute atomic E-state index is 0.0124. The molecule has 48 heavy (non-hydrogen) atoms. The maximum absolute atomic E-state index is 6.50. The number of rotatable bonds is 18. The molecule has 0 radical (unpaired) electrons. The van der Waals surface area contributed by atoms with Gasteiger partial charge in [-0.15, -0.1) is 0 Å². The third-order valence-corrected chi connectivity index (χ3v) is 13.0. The van der Waals surface area contributed by atoms with E-state index in [9.17, 15) is 0 Å². The molecule has 2 saturated carbocycles. The van der Waals surface area contributed by atoms with E-state index in [1.54, 1.807) is 0 Å². The Morgan fingerprint density at radius 3 is 1.19 bits per heavy atom. The van der Waals surface area contributed by atoms with Gasteiger partial charge in [-0.25, -0.2) is 0 Å². The second-order valence-corrected chi connectivity index (χ2v) is 16.6. The molecular weight excluding hydrogens is 592 g/mol. The lowest BCUT2D eigenvalue weighted by atomic mass is 9.76. The van der Waals surface area contributed by atoms with Crippen molar-refractivity contribution in [1.29, 1.82) is 0 Å². The number of unbranched alkanes of at least 4 members (excludes halogenated alkanes) is 10. The van der Waals surface area contributed by atoms with Crippen molar-refractivity contribution >= 4 is 0 Å². The van der Waals surface area contributed by atoms with Crippen molar-refractivity contribution in [3.63, 3.8) is 0 Å². The summed E-state index contributed by atoms with van der Waals surface area (Å²) in [5.41, 5.74) is 3.08. The van der Waals surface area contributed by atoms with Crippen LogP contribution in [0, 0.1) is 23.7 Å². The minimum atomic E-state index is 0.0124. The molecule has 2 saturated heterocycles. The van der Waals surface area contributed by atoms with Crippen LogP contribution in [0.5, 0.6) is 0 Å². The van der Waals surface area contributed by atoms with Crippen molar-refractivity contribution in [1.82, 2.24) is 0 Å². The van der Waals surface area contributed by atoms with Gasteiger partial charge in [0.1, 0.15) is 0 Å². The van der Waals surface area contributed by atoms with Gasteiger partial charge in [-0.1, -0.05) is 115 Å². The van der Waals surface area contributed by atoms with Crippen LogP contribution >= 0.6 is 0 Å². The Morgan fingerprint density at radius 1 is 0.479 bits per heavy atom. The van der Waals surface area contributed by atoms with Gasteiger partial charge in [0.05, 0.1) is 25.4 Å².